The minimum atomic E-state index is 0.863. The predicted molar refractivity (Wildman–Crippen MR) is 58.1 cm³/mol. The van der Waals surface area contributed by atoms with Crippen LogP contribution in [0.3, 0.4) is 0 Å². The lowest BCUT2D eigenvalue weighted by atomic mass is 10.3. The molecule has 0 aromatic carbocycles. The van der Waals surface area contributed by atoms with Crippen LogP contribution in [0.15, 0.2) is 66.8 Å². The molecule has 0 spiro atoms. The molecule has 1 aliphatic carbocycles. The second-order valence-corrected chi connectivity index (χ2v) is 2.54. The SMILES string of the molecule is [C]1=C/C=C\C=C\C=C\C=C/C=C/C/1. The van der Waals surface area contributed by atoms with E-state index < -0.39 is 0 Å². The molecule has 0 saturated carbocycles. The van der Waals surface area contributed by atoms with Crippen LogP contribution in [0.5, 0.6) is 0 Å². The quantitative estimate of drug-likeness (QED) is 0.520. The van der Waals surface area contributed by atoms with Gasteiger partial charge in [0.05, 0.1) is 0 Å². The summed E-state index contributed by atoms with van der Waals surface area (Å²) < 4.78 is 0. The van der Waals surface area contributed by atoms with Crippen molar-refractivity contribution in [3.05, 3.63) is 72.9 Å². The van der Waals surface area contributed by atoms with E-state index in [1.54, 1.807) is 0 Å². The fourth-order valence-corrected chi connectivity index (χ4v) is 0.855. The summed E-state index contributed by atoms with van der Waals surface area (Å²) in [5, 5.41) is 0. The minimum absolute atomic E-state index is 0.863. The molecule has 0 atom stereocenters. The number of hydrogen-bond donors (Lipinski definition) is 0. The summed E-state index contributed by atoms with van der Waals surface area (Å²) in [6, 6.07) is 0. The maximum atomic E-state index is 3.14. The van der Waals surface area contributed by atoms with E-state index in [9.17, 15) is 0 Å². The van der Waals surface area contributed by atoms with Crippen molar-refractivity contribution in [1.29, 1.82) is 0 Å². The summed E-state index contributed by atoms with van der Waals surface area (Å²) >= 11 is 0. The highest BCUT2D eigenvalue weighted by atomic mass is 13.8. The van der Waals surface area contributed by atoms with E-state index in [0.29, 0.717) is 0 Å². The Kier molecular flexibility index (Phi) is 5.21. The van der Waals surface area contributed by atoms with Gasteiger partial charge in [-0.2, -0.15) is 0 Å². The van der Waals surface area contributed by atoms with Crippen molar-refractivity contribution >= 4 is 0 Å². The molecule has 0 heteroatoms. The molecule has 0 fully saturated rings. The molecule has 0 aromatic heterocycles. The Morgan fingerprint density at radius 1 is 0.615 bits per heavy atom. The number of hydrogen-bond acceptors (Lipinski definition) is 0. The van der Waals surface area contributed by atoms with Crippen LogP contribution in [-0.4, -0.2) is 0 Å². The molecule has 1 rings (SSSR count). The van der Waals surface area contributed by atoms with Gasteiger partial charge < -0.3 is 0 Å². The zero-order valence-electron chi connectivity index (χ0n) is 7.56. The molecule has 0 unspecified atom stereocenters. The molecule has 65 valence electrons. The summed E-state index contributed by atoms with van der Waals surface area (Å²) in [5.41, 5.74) is 0. The Morgan fingerprint density at radius 3 is 1.85 bits per heavy atom. The van der Waals surface area contributed by atoms with Crippen LogP contribution in [0.25, 0.3) is 0 Å². The van der Waals surface area contributed by atoms with Crippen LogP contribution in [0.1, 0.15) is 6.42 Å². The van der Waals surface area contributed by atoms with E-state index in [-0.39, 0.29) is 0 Å². The summed E-state index contributed by atoms with van der Waals surface area (Å²) in [4.78, 5) is 0. The molecular weight excluding hydrogens is 156 g/mol. The average molecular weight is 169 g/mol. The maximum absolute atomic E-state index is 3.14. The highest BCUT2D eigenvalue weighted by Gasteiger charge is 1.70. The molecular formula is C13H13. The summed E-state index contributed by atoms with van der Waals surface area (Å²) in [6.45, 7) is 0. The minimum Gasteiger partial charge on any atom is -0.0801 e. The zero-order valence-corrected chi connectivity index (χ0v) is 7.56. The first kappa shape index (κ1) is 9.53. The Balaban J connectivity index is 2.62. The lowest BCUT2D eigenvalue weighted by Crippen LogP contribution is -1.57. The highest BCUT2D eigenvalue weighted by Crippen LogP contribution is 1.90. The van der Waals surface area contributed by atoms with Crippen molar-refractivity contribution in [3.8, 4) is 0 Å². The van der Waals surface area contributed by atoms with Gasteiger partial charge in [-0.15, -0.1) is 0 Å². The van der Waals surface area contributed by atoms with Crippen LogP contribution < -0.4 is 0 Å². The lowest BCUT2D eigenvalue weighted by molar-refractivity contribution is 1.34. The third-order valence-electron chi connectivity index (χ3n) is 1.47. The van der Waals surface area contributed by atoms with Crippen molar-refractivity contribution in [2.24, 2.45) is 0 Å². The van der Waals surface area contributed by atoms with Crippen LogP contribution in [-0.2, 0) is 0 Å². The first-order valence-electron chi connectivity index (χ1n) is 4.38. The number of rotatable bonds is 0. The van der Waals surface area contributed by atoms with E-state index in [1.807, 2.05) is 60.8 Å². The van der Waals surface area contributed by atoms with Gasteiger partial charge in [0.25, 0.3) is 0 Å². The standard InChI is InChI=1S/C13H13/c1-2-4-6-8-10-12-13-11-9-7-5-3-1/h1-11H,12H2/b2-1+,5-3+,6-4-,9-7-,10-8+,13-11?. The summed E-state index contributed by atoms with van der Waals surface area (Å²) in [7, 11) is 0. The lowest BCUT2D eigenvalue weighted by Gasteiger charge is -1.76. The van der Waals surface area contributed by atoms with Crippen LogP contribution in [0.4, 0.5) is 0 Å². The van der Waals surface area contributed by atoms with Crippen molar-refractivity contribution in [2.75, 3.05) is 0 Å². The fourth-order valence-electron chi connectivity index (χ4n) is 0.855. The first-order chi connectivity index (χ1) is 6.50. The smallest absolute Gasteiger partial charge is 0.00915 e. The molecule has 0 N–H and O–H groups in total. The van der Waals surface area contributed by atoms with Crippen molar-refractivity contribution < 1.29 is 0 Å². The van der Waals surface area contributed by atoms with Gasteiger partial charge >= 0.3 is 0 Å². The molecule has 13 heavy (non-hydrogen) atoms. The van der Waals surface area contributed by atoms with Gasteiger partial charge in [-0.1, -0.05) is 66.8 Å². The molecule has 0 heterocycles. The average Bonchev–Trinajstić information content (AvgIpc) is 2.18. The van der Waals surface area contributed by atoms with Crippen molar-refractivity contribution in [2.45, 2.75) is 6.42 Å². The Labute approximate surface area is 80.0 Å². The zero-order chi connectivity index (χ0) is 9.19. The third kappa shape index (κ3) is 5.68. The summed E-state index contributed by atoms with van der Waals surface area (Å²) in [6.07, 6.45) is 26.0. The second-order valence-electron chi connectivity index (χ2n) is 2.54. The Morgan fingerprint density at radius 2 is 1.15 bits per heavy atom. The highest BCUT2D eigenvalue weighted by molar-refractivity contribution is 5.19. The second kappa shape index (κ2) is 7.11. The molecule has 0 aliphatic heterocycles. The maximum Gasteiger partial charge on any atom is -0.00915 e. The Bertz CT molecular complexity index is 253. The van der Waals surface area contributed by atoms with Gasteiger partial charge in [0.2, 0.25) is 0 Å². The topological polar surface area (TPSA) is 0 Å². The third-order valence-corrected chi connectivity index (χ3v) is 1.47. The predicted octanol–water partition coefficient (Wildman–Crippen LogP) is 3.53. The molecule has 0 nitrogen and oxygen atoms in total. The van der Waals surface area contributed by atoms with Crippen LogP contribution >= 0.6 is 0 Å². The van der Waals surface area contributed by atoms with Crippen LogP contribution in [0.2, 0.25) is 0 Å². The normalized spacial score (nSPS) is 31.4. The number of allylic oxidation sites excluding steroid dienone is 12. The van der Waals surface area contributed by atoms with E-state index in [1.165, 1.54) is 0 Å². The first-order valence-corrected chi connectivity index (χ1v) is 4.38. The van der Waals surface area contributed by atoms with Gasteiger partial charge in [0.15, 0.2) is 0 Å². The largest absolute Gasteiger partial charge is 0.0801 e. The van der Waals surface area contributed by atoms with Gasteiger partial charge in [-0.3, -0.25) is 0 Å². The fraction of sp³-hybridized carbons (Fsp3) is 0.0769. The van der Waals surface area contributed by atoms with Gasteiger partial charge in [-0.05, 0) is 12.5 Å². The van der Waals surface area contributed by atoms with Gasteiger partial charge in [0.1, 0.15) is 0 Å². The van der Waals surface area contributed by atoms with E-state index in [2.05, 4.69) is 12.2 Å². The Hall–Kier alpha value is -1.56. The van der Waals surface area contributed by atoms with Gasteiger partial charge in [-0.25, -0.2) is 0 Å². The van der Waals surface area contributed by atoms with Gasteiger partial charge in [0, 0.05) is 0 Å². The molecule has 0 amide bonds. The van der Waals surface area contributed by atoms with Crippen LogP contribution in [0, 0.1) is 6.08 Å². The molecule has 1 aliphatic rings. The molecule has 1 radical (unpaired) electrons. The van der Waals surface area contributed by atoms with Crippen molar-refractivity contribution in [1.82, 2.24) is 0 Å². The van der Waals surface area contributed by atoms with Crippen molar-refractivity contribution in [3.63, 3.8) is 0 Å². The summed E-state index contributed by atoms with van der Waals surface area (Å²) in [5.74, 6) is 0. The monoisotopic (exact) mass is 169 g/mol. The van der Waals surface area contributed by atoms with E-state index in [4.69, 9.17) is 0 Å². The molecule has 0 saturated heterocycles. The molecule has 0 aromatic rings. The van der Waals surface area contributed by atoms with E-state index >= 15 is 0 Å². The van der Waals surface area contributed by atoms with E-state index in [0.717, 1.165) is 6.42 Å². The molecule has 0 bridgehead atoms.